The first-order valence-electron chi connectivity index (χ1n) is 13.3. The first-order chi connectivity index (χ1) is 19.2. The summed E-state index contributed by atoms with van der Waals surface area (Å²) in [4.78, 5) is 20.3. The number of sulfonamides is 1. The molecule has 0 saturated heterocycles. The molecule has 40 heavy (non-hydrogen) atoms. The minimum Gasteiger partial charge on any atom is -0.493 e. The number of H-pyrrole nitrogens is 1. The molecule has 0 spiro atoms. The molecule has 0 aliphatic heterocycles. The van der Waals surface area contributed by atoms with Crippen LogP contribution < -0.4 is 24.5 Å². The van der Waals surface area contributed by atoms with Crippen LogP contribution in [0.4, 0.5) is 5.69 Å². The predicted octanol–water partition coefficient (Wildman–Crippen LogP) is 4.34. The van der Waals surface area contributed by atoms with E-state index in [0.29, 0.717) is 71.1 Å². The number of hydrogen-bond acceptors (Lipinski definition) is 8. The van der Waals surface area contributed by atoms with E-state index < -0.39 is 10.0 Å². The third-order valence-corrected chi connectivity index (χ3v) is 8.00. The average molecular weight is 568 g/mol. The predicted molar refractivity (Wildman–Crippen MR) is 151 cm³/mol. The number of aromatic amines is 1. The Kier molecular flexibility index (Phi) is 7.70. The number of hydrogen-bond donors (Lipinski definition) is 2. The largest absolute Gasteiger partial charge is 0.493 e. The van der Waals surface area contributed by atoms with Gasteiger partial charge in [-0.15, -0.1) is 5.10 Å². The number of ether oxygens (including phenoxy) is 3. The first-order valence-corrected chi connectivity index (χ1v) is 14.8. The lowest BCUT2D eigenvalue weighted by Gasteiger charge is -2.15. The van der Waals surface area contributed by atoms with Crippen LogP contribution >= 0.6 is 0 Å². The highest BCUT2D eigenvalue weighted by Crippen LogP contribution is 2.35. The van der Waals surface area contributed by atoms with E-state index >= 15 is 0 Å². The highest BCUT2D eigenvalue weighted by Gasteiger charge is 2.24. The van der Waals surface area contributed by atoms with E-state index in [2.05, 4.69) is 19.8 Å². The molecule has 2 N–H and O–H groups in total. The summed E-state index contributed by atoms with van der Waals surface area (Å²) in [6, 6.07) is 9.33. The summed E-state index contributed by atoms with van der Waals surface area (Å²) in [7, 11) is -2.53. The standard InChI is InChI=1S/C28H33N5O6S/c1-5-7-25-29-17(3)26-28(34)30-27(31-33(25)26)21-15-20(11-13-22(21)38-6-2)40(35,36)32-19-10-12-23(24(14-19)37-4)39-16-18-8-9-18/h10-15,18,32H,5-9,16H2,1-4H3,(H,30,31,34). The molecule has 12 heteroatoms. The summed E-state index contributed by atoms with van der Waals surface area (Å²) in [5.41, 5.74) is 1.21. The van der Waals surface area contributed by atoms with Crippen molar-refractivity contribution in [1.29, 1.82) is 0 Å². The monoisotopic (exact) mass is 567 g/mol. The van der Waals surface area contributed by atoms with E-state index in [4.69, 9.17) is 14.2 Å². The van der Waals surface area contributed by atoms with Crippen LogP contribution in [0.25, 0.3) is 16.9 Å². The second kappa shape index (κ2) is 11.2. The van der Waals surface area contributed by atoms with Crippen molar-refractivity contribution >= 4 is 21.2 Å². The highest BCUT2D eigenvalue weighted by molar-refractivity contribution is 7.92. The highest BCUT2D eigenvalue weighted by atomic mass is 32.2. The van der Waals surface area contributed by atoms with E-state index in [-0.39, 0.29) is 16.3 Å². The van der Waals surface area contributed by atoms with Gasteiger partial charge in [-0.2, -0.15) is 0 Å². The van der Waals surface area contributed by atoms with Crippen LogP contribution in [0, 0.1) is 12.8 Å². The van der Waals surface area contributed by atoms with E-state index in [0.717, 1.165) is 19.3 Å². The van der Waals surface area contributed by atoms with Gasteiger partial charge in [-0.3, -0.25) is 9.52 Å². The van der Waals surface area contributed by atoms with Gasteiger partial charge < -0.3 is 19.2 Å². The molecule has 11 nitrogen and oxygen atoms in total. The van der Waals surface area contributed by atoms with Crippen LogP contribution in [0.2, 0.25) is 0 Å². The van der Waals surface area contributed by atoms with Gasteiger partial charge in [0.2, 0.25) is 0 Å². The molecule has 212 valence electrons. The zero-order valence-corrected chi connectivity index (χ0v) is 23.8. The van der Waals surface area contributed by atoms with Gasteiger partial charge >= 0.3 is 0 Å². The minimum atomic E-state index is -4.04. The van der Waals surface area contributed by atoms with Crippen LogP contribution in [0.15, 0.2) is 46.1 Å². The molecule has 1 saturated carbocycles. The van der Waals surface area contributed by atoms with Crippen molar-refractivity contribution in [2.24, 2.45) is 5.92 Å². The second-order valence-corrected chi connectivity index (χ2v) is 11.4. The van der Waals surface area contributed by atoms with Crippen LogP contribution in [0.5, 0.6) is 17.2 Å². The molecule has 0 unspecified atom stereocenters. The van der Waals surface area contributed by atoms with Crippen molar-refractivity contribution < 1.29 is 22.6 Å². The quantitative estimate of drug-likeness (QED) is 0.258. The molecule has 0 amide bonds. The first kappa shape index (κ1) is 27.5. The third kappa shape index (κ3) is 5.62. The lowest BCUT2D eigenvalue weighted by atomic mass is 10.2. The van der Waals surface area contributed by atoms with E-state index in [1.54, 1.807) is 31.2 Å². The summed E-state index contributed by atoms with van der Waals surface area (Å²) >= 11 is 0. The summed E-state index contributed by atoms with van der Waals surface area (Å²) in [5.74, 6) is 2.77. The van der Waals surface area contributed by atoms with E-state index in [1.807, 2.05) is 13.8 Å². The number of aromatic nitrogens is 4. The van der Waals surface area contributed by atoms with Gasteiger partial charge in [0.1, 0.15) is 11.6 Å². The number of aryl methyl sites for hydroxylation is 2. The molecule has 2 heterocycles. The molecule has 0 atom stereocenters. The van der Waals surface area contributed by atoms with Gasteiger partial charge in [-0.1, -0.05) is 6.92 Å². The molecule has 0 radical (unpaired) electrons. The number of rotatable bonds is 12. The maximum Gasteiger partial charge on any atom is 0.277 e. The van der Waals surface area contributed by atoms with E-state index in [1.165, 1.54) is 23.8 Å². The van der Waals surface area contributed by atoms with Gasteiger partial charge in [0, 0.05) is 12.5 Å². The Morgan fingerprint density at radius 3 is 2.55 bits per heavy atom. The van der Waals surface area contributed by atoms with Crippen molar-refractivity contribution in [3.63, 3.8) is 0 Å². The van der Waals surface area contributed by atoms with Gasteiger partial charge in [0.25, 0.3) is 15.6 Å². The maximum absolute atomic E-state index is 13.5. The Morgan fingerprint density at radius 2 is 1.85 bits per heavy atom. The molecular weight excluding hydrogens is 534 g/mol. The van der Waals surface area contributed by atoms with Crippen molar-refractivity contribution in [2.45, 2.75) is 51.3 Å². The van der Waals surface area contributed by atoms with Gasteiger partial charge in [0.05, 0.1) is 42.2 Å². The number of imidazole rings is 1. The Balaban J connectivity index is 1.51. The lowest BCUT2D eigenvalue weighted by molar-refractivity contribution is 0.280. The fraction of sp³-hybridized carbons (Fsp3) is 0.393. The smallest absolute Gasteiger partial charge is 0.277 e. The molecular formula is C28H33N5O6S. The Labute approximate surface area is 232 Å². The molecule has 1 aliphatic carbocycles. The summed E-state index contributed by atoms with van der Waals surface area (Å²) in [5, 5.41) is 4.64. The lowest BCUT2D eigenvalue weighted by Crippen LogP contribution is -2.17. The number of nitrogens with one attached hydrogen (secondary N) is 2. The molecule has 0 bridgehead atoms. The number of anilines is 1. The molecule has 2 aromatic heterocycles. The third-order valence-electron chi connectivity index (χ3n) is 6.62. The van der Waals surface area contributed by atoms with Gasteiger partial charge in [-0.25, -0.2) is 17.9 Å². The van der Waals surface area contributed by atoms with Crippen molar-refractivity contribution in [1.82, 2.24) is 19.6 Å². The van der Waals surface area contributed by atoms with E-state index in [9.17, 15) is 13.2 Å². The molecule has 1 aliphatic rings. The minimum absolute atomic E-state index is 0.0303. The zero-order chi connectivity index (χ0) is 28.4. The van der Waals surface area contributed by atoms with Crippen LogP contribution in [-0.2, 0) is 16.4 Å². The average Bonchev–Trinajstić information content (AvgIpc) is 3.70. The second-order valence-electron chi connectivity index (χ2n) is 9.74. The summed E-state index contributed by atoms with van der Waals surface area (Å²) in [6.07, 6.45) is 3.77. The number of methoxy groups -OCH3 is 1. The zero-order valence-electron chi connectivity index (χ0n) is 23.0. The van der Waals surface area contributed by atoms with Crippen molar-refractivity contribution in [3.8, 4) is 28.6 Å². The fourth-order valence-corrected chi connectivity index (χ4v) is 5.52. The Morgan fingerprint density at radius 1 is 1.07 bits per heavy atom. The number of nitrogens with zero attached hydrogens (tertiary/aromatic N) is 3. The normalized spacial score (nSPS) is 13.4. The van der Waals surface area contributed by atoms with Crippen LogP contribution in [0.3, 0.4) is 0 Å². The Hall–Kier alpha value is -4.06. The SMILES string of the molecule is CCCc1nc(C)c2c(=O)[nH]c(-c3cc(S(=O)(=O)Nc4ccc(OCC5CC5)c(OC)c4)ccc3OCC)nn12. The number of benzene rings is 2. The maximum atomic E-state index is 13.5. The van der Waals surface area contributed by atoms with Crippen molar-refractivity contribution in [3.05, 3.63) is 58.3 Å². The molecule has 1 fully saturated rings. The van der Waals surface area contributed by atoms with Gasteiger partial charge in [-0.05, 0) is 69.4 Å². The van der Waals surface area contributed by atoms with Crippen LogP contribution in [-0.4, -0.2) is 48.3 Å². The molecule has 4 aromatic rings. The summed E-state index contributed by atoms with van der Waals surface area (Å²) < 4.78 is 48.1. The van der Waals surface area contributed by atoms with Gasteiger partial charge in [0.15, 0.2) is 22.8 Å². The fourth-order valence-electron chi connectivity index (χ4n) is 4.44. The van der Waals surface area contributed by atoms with Crippen LogP contribution in [0.1, 0.15) is 44.6 Å². The van der Waals surface area contributed by atoms with Crippen molar-refractivity contribution in [2.75, 3.05) is 25.0 Å². The summed E-state index contributed by atoms with van der Waals surface area (Å²) in [6.45, 7) is 6.54. The molecule has 5 rings (SSSR count). The Bertz CT molecular complexity index is 1710. The topological polar surface area (TPSA) is 137 Å². The molecule has 2 aromatic carbocycles. The number of fused-ring (bicyclic) bond motifs is 1.